The molecule has 0 spiro atoms. The number of para-hydroxylation sites is 1. The molecule has 0 fully saturated rings. The van der Waals surface area contributed by atoms with E-state index in [9.17, 15) is 0 Å². The Morgan fingerprint density at radius 3 is 3.00 bits per heavy atom. The van der Waals surface area contributed by atoms with Crippen molar-refractivity contribution in [3.8, 4) is 5.82 Å². The van der Waals surface area contributed by atoms with E-state index in [1.807, 2.05) is 34.9 Å². The van der Waals surface area contributed by atoms with Gasteiger partial charge in [-0.25, -0.2) is 15.8 Å². The van der Waals surface area contributed by atoms with Gasteiger partial charge in [0.25, 0.3) is 0 Å². The number of nitrogens with zero attached hydrogens (tertiary/aromatic N) is 6. The smallest absolute Gasteiger partial charge is 0.201 e. The van der Waals surface area contributed by atoms with Crippen LogP contribution in [0.4, 0.5) is 5.82 Å². The van der Waals surface area contributed by atoms with Crippen molar-refractivity contribution in [2.75, 3.05) is 5.43 Å². The maximum absolute atomic E-state index is 5.45. The molecule has 0 aliphatic carbocycles. The molecule has 4 rings (SSSR count). The Kier molecular flexibility index (Phi) is 2.18. The Balaban J connectivity index is 2.08. The van der Waals surface area contributed by atoms with Gasteiger partial charge < -0.3 is 9.83 Å². The molecule has 0 unspecified atom stereocenters. The van der Waals surface area contributed by atoms with Crippen molar-refractivity contribution in [3.05, 3.63) is 42.9 Å². The largest absolute Gasteiger partial charge is 0.307 e. The van der Waals surface area contributed by atoms with Crippen LogP contribution in [0, 0.1) is 0 Å². The Hall–Kier alpha value is -3.00. The number of anilines is 1. The van der Waals surface area contributed by atoms with Crippen LogP contribution in [0.5, 0.6) is 0 Å². The summed E-state index contributed by atoms with van der Waals surface area (Å²) in [6, 6.07) is 7.67. The minimum atomic E-state index is 0.519. The average Bonchev–Trinajstić information content (AvgIpc) is 3.12. The van der Waals surface area contributed by atoms with Crippen molar-refractivity contribution in [2.24, 2.45) is 5.84 Å². The fourth-order valence-electron chi connectivity index (χ4n) is 2.15. The zero-order chi connectivity index (χ0) is 13.5. The maximum Gasteiger partial charge on any atom is 0.201 e. The van der Waals surface area contributed by atoms with Gasteiger partial charge in [-0.3, -0.25) is 0 Å². The number of aromatic nitrogens is 6. The van der Waals surface area contributed by atoms with Crippen molar-refractivity contribution in [2.45, 2.75) is 0 Å². The van der Waals surface area contributed by atoms with Gasteiger partial charge in [0.2, 0.25) is 5.82 Å². The Bertz CT molecular complexity index is 906. The lowest BCUT2D eigenvalue weighted by Gasteiger charge is -2.06. The summed E-state index contributed by atoms with van der Waals surface area (Å²) in [7, 11) is 0. The standard InChI is InChI=1S/C12H10N8/c13-16-10-7-19-6-5-14-11(19)12(15-10)20-9-4-2-1-3-8(9)17-18-20/h1-7,16H,13H2. The normalized spacial score (nSPS) is 11.2. The van der Waals surface area contributed by atoms with Crippen LogP contribution in [-0.2, 0) is 0 Å². The molecular formula is C12H10N8. The quantitative estimate of drug-likeness (QED) is 0.410. The van der Waals surface area contributed by atoms with E-state index >= 15 is 0 Å². The highest BCUT2D eigenvalue weighted by atomic mass is 15.5. The first kappa shape index (κ1) is 10.9. The van der Waals surface area contributed by atoms with Crippen LogP contribution in [0.2, 0.25) is 0 Å². The summed E-state index contributed by atoms with van der Waals surface area (Å²) in [4.78, 5) is 8.73. The monoisotopic (exact) mass is 266 g/mol. The molecule has 0 saturated heterocycles. The molecule has 0 amide bonds. The Morgan fingerprint density at radius 1 is 1.20 bits per heavy atom. The first-order valence-corrected chi connectivity index (χ1v) is 5.98. The van der Waals surface area contributed by atoms with Crippen LogP contribution in [-0.4, -0.2) is 29.4 Å². The fourth-order valence-corrected chi connectivity index (χ4v) is 2.15. The molecule has 0 saturated carbocycles. The molecule has 98 valence electrons. The SMILES string of the molecule is NNc1cn2ccnc2c(-n2nnc3ccccc32)n1. The van der Waals surface area contributed by atoms with Crippen molar-refractivity contribution >= 4 is 22.5 Å². The number of imidazole rings is 1. The van der Waals surface area contributed by atoms with Crippen LogP contribution < -0.4 is 11.3 Å². The van der Waals surface area contributed by atoms with E-state index in [1.54, 1.807) is 17.1 Å². The first-order chi connectivity index (χ1) is 9.86. The van der Waals surface area contributed by atoms with Crippen LogP contribution in [0.15, 0.2) is 42.9 Å². The molecule has 0 bridgehead atoms. The third kappa shape index (κ3) is 1.45. The summed E-state index contributed by atoms with van der Waals surface area (Å²) >= 11 is 0. The van der Waals surface area contributed by atoms with Gasteiger partial charge in [-0.2, -0.15) is 4.68 Å². The average molecular weight is 266 g/mol. The van der Waals surface area contributed by atoms with Crippen LogP contribution >= 0.6 is 0 Å². The number of nitrogens with two attached hydrogens (primary N) is 1. The second kappa shape index (κ2) is 4.00. The lowest BCUT2D eigenvalue weighted by molar-refractivity contribution is 0.799. The molecular weight excluding hydrogens is 256 g/mol. The summed E-state index contributed by atoms with van der Waals surface area (Å²) in [5, 5.41) is 8.28. The highest BCUT2D eigenvalue weighted by Crippen LogP contribution is 2.19. The highest BCUT2D eigenvalue weighted by Gasteiger charge is 2.13. The predicted molar refractivity (Wildman–Crippen MR) is 73.2 cm³/mol. The predicted octanol–water partition coefficient (Wildman–Crippen LogP) is 0.749. The number of nitrogen functional groups attached to an aromatic ring is 1. The van der Waals surface area contributed by atoms with Crippen LogP contribution in [0.1, 0.15) is 0 Å². The second-order valence-electron chi connectivity index (χ2n) is 4.24. The van der Waals surface area contributed by atoms with E-state index < -0.39 is 0 Å². The van der Waals surface area contributed by atoms with Gasteiger partial charge >= 0.3 is 0 Å². The Labute approximate surface area is 112 Å². The zero-order valence-electron chi connectivity index (χ0n) is 10.3. The third-order valence-electron chi connectivity index (χ3n) is 3.06. The summed E-state index contributed by atoms with van der Waals surface area (Å²) in [6.45, 7) is 0. The number of hydrazine groups is 1. The van der Waals surface area contributed by atoms with Crippen LogP contribution in [0.25, 0.3) is 22.5 Å². The van der Waals surface area contributed by atoms with Gasteiger partial charge in [0, 0.05) is 12.4 Å². The van der Waals surface area contributed by atoms with Gasteiger partial charge in [0.15, 0.2) is 11.5 Å². The third-order valence-corrected chi connectivity index (χ3v) is 3.06. The lowest BCUT2D eigenvalue weighted by atomic mass is 10.3. The van der Waals surface area contributed by atoms with Gasteiger partial charge in [0.05, 0.1) is 11.7 Å². The number of nitrogens with one attached hydrogen (secondary N) is 1. The second-order valence-corrected chi connectivity index (χ2v) is 4.24. The first-order valence-electron chi connectivity index (χ1n) is 5.98. The summed E-state index contributed by atoms with van der Waals surface area (Å²) in [5.41, 5.74) is 4.87. The maximum atomic E-state index is 5.45. The number of fused-ring (bicyclic) bond motifs is 2. The van der Waals surface area contributed by atoms with E-state index in [0.717, 1.165) is 11.0 Å². The van der Waals surface area contributed by atoms with E-state index in [0.29, 0.717) is 17.3 Å². The van der Waals surface area contributed by atoms with Gasteiger partial charge in [-0.15, -0.1) is 5.10 Å². The number of hydrogen-bond acceptors (Lipinski definition) is 6. The molecule has 3 aromatic heterocycles. The molecule has 20 heavy (non-hydrogen) atoms. The highest BCUT2D eigenvalue weighted by molar-refractivity contribution is 5.77. The van der Waals surface area contributed by atoms with Crippen molar-refractivity contribution < 1.29 is 0 Å². The molecule has 0 radical (unpaired) electrons. The fraction of sp³-hybridized carbons (Fsp3) is 0. The van der Waals surface area contributed by atoms with Gasteiger partial charge in [0.1, 0.15) is 5.52 Å². The summed E-state index contributed by atoms with van der Waals surface area (Å²) in [5.74, 6) is 6.54. The zero-order valence-corrected chi connectivity index (χ0v) is 10.3. The molecule has 0 atom stereocenters. The van der Waals surface area contributed by atoms with Gasteiger partial charge in [-0.1, -0.05) is 17.3 Å². The number of benzene rings is 1. The molecule has 3 N–H and O–H groups in total. The van der Waals surface area contributed by atoms with Gasteiger partial charge in [-0.05, 0) is 12.1 Å². The number of hydrogen-bond donors (Lipinski definition) is 2. The van der Waals surface area contributed by atoms with Crippen LogP contribution in [0.3, 0.4) is 0 Å². The number of rotatable bonds is 2. The molecule has 1 aromatic carbocycles. The molecule has 8 nitrogen and oxygen atoms in total. The van der Waals surface area contributed by atoms with E-state index in [-0.39, 0.29) is 0 Å². The molecule has 3 heterocycles. The van der Waals surface area contributed by atoms with E-state index in [1.165, 1.54) is 0 Å². The lowest BCUT2D eigenvalue weighted by Crippen LogP contribution is -2.12. The molecule has 8 heteroatoms. The van der Waals surface area contributed by atoms with E-state index in [4.69, 9.17) is 5.84 Å². The summed E-state index contributed by atoms with van der Waals surface area (Å²) < 4.78 is 3.48. The minimum Gasteiger partial charge on any atom is -0.307 e. The molecule has 0 aliphatic rings. The molecule has 4 aromatic rings. The molecule has 0 aliphatic heterocycles. The van der Waals surface area contributed by atoms with E-state index in [2.05, 4.69) is 25.7 Å². The minimum absolute atomic E-state index is 0.519. The van der Waals surface area contributed by atoms with Crippen molar-refractivity contribution in [1.82, 2.24) is 29.4 Å². The topological polar surface area (TPSA) is 98.9 Å². The Morgan fingerprint density at radius 2 is 2.10 bits per heavy atom. The summed E-state index contributed by atoms with van der Waals surface area (Å²) in [6.07, 6.45) is 5.27. The van der Waals surface area contributed by atoms with Crippen molar-refractivity contribution in [1.29, 1.82) is 0 Å². The van der Waals surface area contributed by atoms with Crippen molar-refractivity contribution in [3.63, 3.8) is 0 Å².